The Labute approximate surface area is 246 Å². The van der Waals surface area contributed by atoms with Crippen LogP contribution >= 0.6 is 0 Å². The quantitative estimate of drug-likeness (QED) is 0.221. The molecule has 0 aliphatic carbocycles. The summed E-state index contributed by atoms with van der Waals surface area (Å²) in [6, 6.07) is 29.1. The molecule has 6 aromatic carbocycles. The predicted octanol–water partition coefficient (Wildman–Crippen LogP) is 9.82. The van der Waals surface area contributed by atoms with Gasteiger partial charge in [0.05, 0.1) is 6.85 Å². The molecule has 0 spiro atoms. The van der Waals surface area contributed by atoms with Crippen molar-refractivity contribution < 1.29 is 15.7 Å². The van der Waals surface area contributed by atoms with Crippen LogP contribution in [-0.4, -0.2) is 15.0 Å². The fourth-order valence-electron chi connectivity index (χ4n) is 5.57. The highest BCUT2D eigenvalue weighted by Gasteiger charge is 2.16. The minimum absolute atomic E-state index is 0.0323. The highest BCUT2D eigenvalue weighted by molar-refractivity contribution is 6.10. The molecule has 0 radical (unpaired) electrons. The number of para-hydroxylation sites is 1. The maximum atomic E-state index is 8.63. The Bertz CT molecular complexity index is 2740. The molecule has 3 heterocycles. The standard InChI is InChI=1S/C37H21N3O2/c1-2-8-22(9-3-1)35-38-36(25-15-17-32-29(19-25)27-12-6-7-13-31(27)41-32)40-37(39-35)26-14-16-28-30-18-23-10-4-5-11-24(23)20-34(30)42-33(28)21-26/h1-21H/i1D,2D,3D,8D,9D. The van der Waals surface area contributed by atoms with Gasteiger partial charge in [-0.3, -0.25) is 0 Å². The van der Waals surface area contributed by atoms with Gasteiger partial charge in [-0.25, -0.2) is 15.0 Å². The van der Waals surface area contributed by atoms with E-state index in [1.54, 1.807) is 0 Å². The molecule has 0 aliphatic heterocycles. The maximum Gasteiger partial charge on any atom is 0.164 e. The molecular weight excluding hydrogens is 518 g/mol. The molecule has 5 nitrogen and oxygen atoms in total. The lowest BCUT2D eigenvalue weighted by molar-refractivity contribution is 0.668. The van der Waals surface area contributed by atoms with Gasteiger partial charge in [0.1, 0.15) is 22.3 Å². The number of furan rings is 2. The largest absolute Gasteiger partial charge is 0.456 e. The number of hydrogen-bond donors (Lipinski definition) is 0. The molecule has 0 amide bonds. The van der Waals surface area contributed by atoms with Crippen molar-refractivity contribution in [1.29, 1.82) is 0 Å². The summed E-state index contributed by atoms with van der Waals surface area (Å²) in [5.41, 5.74) is 4.03. The van der Waals surface area contributed by atoms with Crippen molar-refractivity contribution in [3.05, 3.63) is 127 Å². The molecule has 0 fully saturated rings. The molecule has 3 aromatic heterocycles. The lowest BCUT2D eigenvalue weighted by atomic mass is 10.1. The summed E-state index contributed by atoms with van der Waals surface area (Å²) in [7, 11) is 0. The van der Waals surface area contributed by atoms with Gasteiger partial charge in [0.15, 0.2) is 17.5 Å². The van der Waals surface area contributed by atoms with E-state index in [4.69, 9.17) is 25.7 Å². The first kappa shape index (κ1) is 18.5. The van der Waals surface area contributed by atoms with Gasteiger partial charge in [-0.1, -0.05) is 78.7 Å². The highest BCUT2D eigenvalue weighted by Crippen LogP contribution is 2.36. The van der Waals surface area contributed by atoms with E-state index in [9.17, 15) is 0 Å². The molecule has 9 rings (SSSR count). The Morgan fingerprint density at radius 1 is 0.429 bits per heavy atom. The van der Waals surface area contributed by atoms with Gasteiger partial charge >= 0.3 is 0 Å². The van der Waals surface area contributed by atoms with E-state index in [-0.39, 0.29) is 23.0 Å². The SMILES string of the molecule is [2H]c1c([2H])c([2H])c(-c2nc(-c3ccc4c(c3)oc3cc5ccccc5cc34)nc(-c3ccc4oc5ccccc5c4c3)n2)c([2H])c1[2H]. The number of fused-ring (bicyclic) bond motifs is 7. The van der Waals surface area contributed by atoms with Crippen LogP contribution in [-0.2, 0) is 0 Å². The summed E-state index contributed by atoms with van der Waals surface area (Å²) < 4.78 is 54.2. The van der Waals surface area contributed by atoms with Crippen LogP contribution < -0.4 is 0 Å². The number of aromatic nitrogens is 3. The van der Waals surface area contributed by atoms with Crippen LogP contribution in [0, 0.1) is 0 Å². The van der Waals surface area contributed by atoms with Crippen molar-refractivity contribution in [2.75, 3.05) is 0 Å². The molecule has 9 aromatic rings. The number of hydrogen-bond acceptors (Lipinski definition) is 5. The third-order valence-corrected chi connectivity index (χ3v) is 7.59. The highest BCUT2D eigenvalue weighted by atomic mass is 16.3. The van der Waals surface area contributed by atoms with Gasteiger partial charge in [0.2, 0.25) is 0 Å². The van der Waals surface area contributed by atoms with E-state index in [1.165, 1.54) is 0 Å². The summed E-state index contributed by atoms with van der Waals surface area (Å²) in [6.07, 6.45) is 0. The first-order chi connectivity index (χ1) is 22.8. The zero-order valence-electron chi connectivity index (χ0n) is 26.9. The summed E-state index contributed by atoms with van der Waals surface area (Å²) in [5, 5.41) is 5.92. The Kier molecular flexibility index (Phi) is 3.90. The molecule has 0 atom stereocenters. The fourth-order valence-corrected chi connectivity index (χ4v) is 5.57. The molecule has 5 heteroatoms. The summed E-state index contributed by atoms with van der Waals surface area (Å²) >= 11 is 0. The molecule has 42 heavy (non-hydrogen) atoms. The Morgan fingerprint density at radius 2 is 1.00 bits per heavy atom. The minimum Gasteiger partial charge on any atom is -0.456 e. The van der Waals surface area contributed by atoms with E-state index in [2.05, 4.69) is 17.1 Å². The van der Waals surface area contributed by atoms with E-state index >= 15 is 0 Å². The van der Waals surface area contributed by atoms with Crippen LogP contribution in [0.15, 0.2) is 136 Å². The zero-order chi connectivity index (χ0) is 32.0. The zero-order valence-corrected chi connectivity index (χ0v) is 21.9. The lowest BCUT2D eigenvalue weighted by Gasteiger charge is -2.08. The Morgan fingerprint density at radius 3 is 1.83 bits per heavy atom. The van der Waals surface area contributed by atoms with Gasteiger partial charge in [-0.05, 0) is 59.3 Å². The maximum absolute atomic E-state index is 8.63. The minimum atomic E-state index is -0.487. The molecule has 0 N–H and O–H groups in total. The third kappa shape index (κ3) is 3.61. The van der Waals surface area contributed by atoms with Gasteiger partial charge in [-0.15, -0.1) is 0 Å². The Hall–Kier alpha value is -5.81. The van der Waals surface area contributed by atoms with Crippen LogP contribution in [0.1, 0.15) is 6.85 Å². The number of benzene rings is 6. The first-order valence-corrected chi connectivity index (χ1v) is 13.4. The second-order valence-electron chi connectivity index (χ2n) is 10.1. The van der Waals surface area contributed by atoms with E-state index < -0.39 is 30.2 Å². The van der Waals surface area contributed by atoms with Crippen molar-refractivity contribution in [3.63, 3.8) is 0 Å². The third-order valence-electron chi connectivity index (χ3n) is 7.59. The first-order valence-electron chi connectivity index (χ1n) is 15.9. The Balaban J connectivity index is 1.28. The van der Waals surface area contributed by atoms with Crippen LogP contribution in [0.25, 0.3) is 88.8 Å². The number of rotatable bonds is 3. The van der Waals surface area contributed by atoms with Crippen molar-refractivity contribution in [2.24, 2.45) is 0 Å². The lowest BCUT2D eigenvalue weighted by Crippen LogP contribution is -2.00. The second kappa shape index (κ2) is 8.85. The predicted molar refractivity (Wildman–Crippen MR) is 168 cm³/mol. The second-order valence-corrected chi connectivity index (χ2v) is 10.1. The molecule has 0 saturated heterocycles. The van der Waals surface area contributed by atoms with E-state index in [0.717, 1.165) is 43.5 Å². The van der Waals surface area contributed by atoms with Gasteiger partial charge in [-0.2, -0.15) is 0 Å². The van der Waals surface area contributed by atoms with Crippen molar-refractivity contribution in [3.8, 4) is 34.2 Å². The van der Waals surface area contributed by atoms with E-state index in [0.29, 0.717) is 22.3 Å². The van der Waals surface area contributed by atoms with Crippen molar-refractivity contribution >= 4 is 54.6 Å². The van der Waals surface area contributed by atoms with Crippen LogP contribution in [0.4, 0.5) is 0 Å². The van der Waals surface area contributed by atoms with Crippen molar-refractivity contribution in [2.45, 2.75) is 0 Å². The molecule has 0 aliphatic rings. The summed E-state index contributed by atoms with van der Waals surface area (Å²) in [4.78, 5) is 14.2. The molecule has 196 valence electrons. The number of nitrogens with zero attached hydrogens (tertiary/aromatic N) is 3. The van der Waals surface area contributed by atoms with Gasteiger partial charge < -0.3 is 8.83 Å². The normalized spacial score (nSPS) is 13.5. The molecule has 0 bridgehead atoms. The van der Waals surface area contributed by atoms with Gasteiger partial charge in [0, 0.05) is 38.2 Å². The van der Waals surface area contributed by atoms with Crippen LogP contribution in [0.2, 0.25) is 0 Å². The van der Waals surface area contributed by atoms with E-state index in [1.807, 2.05) is 84.9 Å². The monoisotopic (exact) mass is 544 g/mol. The smallest absolute Gasteiger partial charge is 0.164 e. The summed E-state index contributed by atoms with van der Waals surface area (Å²) in [5.74, 6) is 0.511. The van der Waals surface area contributed by atoms with Crippen molar-refractivity contribution in [1.82, 2.24) is 15.0 Å². The van der Waals surface area contributed by atoms with Gasteiger partial charge in [0.25, 0.3) is 0 Å². The summed E-state index contributed by atoms with van der Waals surface area (Å²) in [6.45, 7) is 0. The topological polar surface area (TPSA) is 65.0 Å². The molecule has 0 unspecified atom stereocenters. The molecular formula is C37H21N3O2. The average Bonchev–Trinajstić information content (AvgIpc) is 3.65. The molecule has 0 saturated carbocycles. The average molecular weight is 545 g/mol. The van der Waals surface area contributed by atoms with Crippen LogP contribution in [0.3, 0.4) is 0 Å². The fraction of sp³-hybridized carbons (Fsp3) is 0. The van der Waals surface area contributed by atoms with Crippen LogP contribution in [0.5, 0.6) is 0 Å².